The molecule has 2 aliphatic rings. The number of carbonyl (C=O) groups excluding carboxylic acids is 1. The van der Waals surface area contributed by atoms with Gasteiger partial charge in [0.05, 0.1) is 6.04 Å². The summed E-state index contributed by atoms with van der Waals surface area (Å²) in [5, 5.41) is 0. The van der Waals surface area contributed by atoms with E-state index in [1.165, 1.54) is 6.07 Å². The summed E-state index contributed by atoms with van der Waals surface area (Å²) in [6.45, 7) is 2.92. The minimum atomic E-state index is -0.214. The average molecular weight is 275 g/mol. The maximum Gasteiger partial charge on any atom is 0.229 e. The highest BCUT2D eigenvalue weighted by Crippen LogP contribution is 2.43. The van der Waals surface area contributed by atoms with Gasteiger partial charge in [-0.1, -0.05) is 31.9 Å². The SMILES string of the molecule is CC1(C(=O)N2CCCC2c2cccc(F)c2)CCCC1. The Bertz CT molecular complexity index is 507. The van der Waals surface area contributed by atoms with Gasteiger partial charge in [0.2, 0.25) is 5.91 Å². The number of carbonyl (C=O) groups is 1. The number of benzene rings is 1. The summed E-state index contributed by atoms with van der Waals surface area (Å²) in [6.07, 6.45) is 6.27. The van der Waals surface area contributed by atoms with Crippen molar-refractivity contribution in [3.63, 3.8) is 0 Å². The number of rotatable bonds is 2. The van der Waals surface area contributed by atoms with Crippen LogP contribution in [0.5, 0.6) is 0 Å². The van der Waals surface area contributed by atoms with E-state index >= 15 is 0 Å². The molecule has 1 aromatic carbocycles. The molecule has 1 atom stereocenters. The second-order valence-electron chi connectivity index (χ2n) is 6.48. The van der Waals surface area contributed by atoms with Crippen molar-refractivity contribution in [2.24, 2.45) is 5.41 Å². The number of halogens is 1. The van der Waals surface area contributed by atoms with Crippen LogP contribution in [-0.4, -0.2) is 17.4 Å². The van der Waals surface area contributed by atoms with Crippen LogP contribution < -0.4 is 0 Å². The first-order valence-electron chi connectivity index (χ1n) is 7.67. The van der Waals surface area contributed by atoms with Crippen LogP contribution in [0, 0.1) is 11.2 Å². The van der Waals surface area contributed by atoms with E-state index in [1.807, 2.05) is 11.0 Å². The van der Waals surface area contributed by atoms with E-state index in [9.17, 15) is 9.18 Å². The van der Waals surface area contributed by atoms with Crippen LogP contribution in [0.4, 0.5) is 4.39 Å². The molecule has 1 aliphatic heterocycles. The highest BCUT2D eigenvalue weighted by Gasteiger charge is 2.42. The summed E-state index contributed by atoms with van der Waals surface area (Å²) in [6, 6.07) is 6.78. The maximum atomic E-state index is 13.4. The molecule has 20 heavy (non-hydrogen) atoms. The minimum absolute atomic E-state index is 0.0654. The highest BCUT2D eigenvalue weighted by molar-refractivity contribution is 5.83. The lowest BCUT2D eigenvalue weighted by molar-refractivity contribution is -0.142. The van der Waals surface area contributed by atoms with E-state index in [2.05, 4.69) is 6.92 Å². The van der Waals surface area contributed by atoms with Gasteiger partial charge in [0.25, 0.3) is 0 Å². The molecule has 1 heterocycles. The van der Waals surface area contributed by atoms with E-state index < -0.39 is 0 Å². The summed E-state index contributed by atoms with van der Waals surface area (Å²) < 4.78 is 13.4. The van der Waals surface area contributed by atoms with Crippen molar-refractivity contribution < 1.29 is 9.18 Å². The molecule has 3 rings (SSSR count). The molecule has 1 unspecified atom stereocenters. The molecule has 1 aromatic rings. The van der Waals surface area contributed by atoms with Gasteiger partial charge in [-0.15, -0.1) is 0 Å². The van der Waals surface area contributed by atoms with Crippen LogP contribution in [0.3, 0.4) is 0 Å². The molecule has 2 fully saturated rings. The van der Waals surface area contributed by atoms with Crippen molar-refractivity contribution in [3.8, 4) is 0 Å². The Balaban J connectivity index is 1.84. The first-order valence-corrected chi connectivity index (χ1v) is 7.67. The van der Waals surface area contributed by atoms with E-state index in [0.29, 0.717) is 0 Å². The summed E-state index contributed by atoms with van der Waals surface area (Å²) in [5.74, 6) is 0.0654. The predicted molar refractivity (Wildman–Crippen MR) is 76.7 cm³/mol. The summed E-state index contributed by atoms with van der Waals surface area (Å²) in [5.41, 5.74) is 0.757. The molecule has 108 valence electrons. The maximum absolute atomic E-state index is 13.4. The molecule has 1 saturated carbocycles. The molecule has 1 saturated heterocycles. The summed E-state index contributed by atoms with van der Waals surface area (Å²) in [4.78, 5) is 14.9. The Morgan fingerprint density at radius 3 is 2.75 bits per heavy atom. The van der Waals surface area contributed by atoms with Gasteiger partial charge in [-0.2, -0.15) is 0 Å². The predicted octanol–water partition coefficient (Wildman–Crippen LogP) is 4.07. The van der Waals surface area contributed by atoms with Crippen LogP contribution in [0.2, 0.25) is 0 Å². The molecule has 0 bridgehead atoms. The molecule has 2 nitrogen and oxygen atoms in total. The van der Waals surface area contributed by atoms with Gasteiger partial charge >= 0.3 is 0 Å². The first-order chi connectivity index (χ1) is 9.60. The quantitative estimate of drug-likeness (QED) is 0.796. The molecule has 0 radical (unpaired) electrons. The number of likely N-dealkylation sites (tertiary alicyclic amines) is 1. The number of amides is 1. The van der Waals surface area contributed by atoms with Gasteiger partial charge in [-0.25, -0.2) is 4.39 Å². The zero-order chi connectivity index (χ0) is 14.2. The Kier molecular flexibility index (Phi) is 3.53. The molecule has 0 aromatic heterocycles. The van der Waals surface area contributed by atoms with Crippen molar-refractivity contribution >= 4 is 5.91 Å². The zero-order valence-electron chi connectivity index (χ0n) is 12.1. The summed E-state index contributed by atoms with van der Waals surface area (Å²) in [7, 11) is 0. The average Bonchev–Trinajstić information content (AvgIpc) is 3.07. The van der Waals surface area contributed by atoms with Crippen LogP contribution in [0.15, 0.2) is 24.3 Å². The third-order valence-corrected chi connectivity index (χ3v) is 4.97. The molecular weight excluding hydrogens is 253 g/mol. The zero-order valence-corrected chi connectivity index (χ0v) is 12.1. The topological polar surface area (TPSA) is 20.3 Å². The second kappa shape index (κ2) is 5.19. The lowest BCUT2D eigenvalue weighted by Gasteiger charge is -2.33. The van der Waals surface area contributed by atoms with Crippen molar-refractivity contribution in [1.29, 1.82) is 0 Å². The van der Waals surface area contributed by atoms with Crippen molar-refractivity contribution in [2.75, 3.05) is 6.54 Å². The molecule has 1 aliphatic carbocycles. The second-order valence-corrected chi connectivity index (χ2v) is 6.48. The van der Waals surface area contributed by atoms with E-state index in [4.69, 9.17) is 0 Å². The van der Waals surface area contributed by atoms with E-state index in [-0.39, 0.29) is 23.2 Å². The van der Waals surface area contributed by atoms with Crippen LogP contribution in [0.1, 0.15) is 57.1 Å². The summed E-state index contributed by atoms with van der Waals surface area (Å²) >= 11 is 0. The molecule has 1 amide bonds. The fraction of sp³-hybridized carbons (Fsp3) is 0.588. The third-order valence-electron chi connectivity index (χ3n) is 4.97. The fourth-order valence-corrected chi connectivity index (χ4v) is 3.79. The van der Waals surface area contributed by atoms with E-state index in [0.717, 1.165) is 50.6 Å². The van der Waals surface area contributed by atoms with Crippen LogP contribution >= 0.6 is 0 Å². The van der Waals surface area contributed by atoms with Gasteiger partial charge < -0.3 is 4.90 Å². The third kappa shape index (κ3) is 2.34. The van der Waals surface area contributed by atoms with E-state index in [1.54, 1.807) is 12.1 Å². The van der Waals surface area contributed by atoms with Gasteiger partial charge in [0.1, 0.15) is 5.82 Å². The van der Waals surface area contributed by atoms with Gasteiger partial charge in [-0.05, 0) is 43.4 Å². The fourth-order valence-electron chi connectivity index (χ4n) is 3.79. The van der Waals surface area contributed by atoms with Gasteiger partial charge in [0, 0.05) is 12.0 Å². The first kappa shape index (κ1) is 13.6. The molecule has 0 N–H and O–H groups in total. The number of nitrogens with zero attached hydrogens (tertiary/aromatic N) is 1. The van der Waals surface area contributed by atoms with Crippen LogP contribution in [-0.2, 0) is 4.79 Å². The lowest BCUT2D eigenvalue weighted by Crippen LogP contribution is -2.40. The Morgan fingerprint density at radius 1 is 1.30 bits per heavy atom. The van der Waals surface area contributed by atoms with Crippen molar-refractivity contribution in [1.82, 2.24) is 4.90 Å². The van der Waals surface area contributed by atoms with Crippen molar-refractivity contribution in [2.45, 2.75) is 51.5 Å². The molecule has 0 spiro atoms. The van der Waals surface area contributed by atoms with Gasteiger partial charge in [-0.3, -0.25) is 4.79 Å². The lowest BCUT2D eigenvalue weighted by atomic mass is 9.86. The smallest absolute Gasteiger partial charge is 0.229 e. The monoisotopic (exact) mass is 275 g/mol. The molecule has 3 heteroatoms. The molecular formula is C17H22FNO. The highest BCUT2D eigenvalue weighted by atomic mass is 19.1. The normalized spacial score (nSPS) is 25.1. The Morgan fingerprint density at radius 2 is 2.05 bits per heavy atom. The number of hydrogen-bond acceptors (Lipinski definition) is 1. The Hall–Kier alpha value is -1.38. The van der Waals surface area contributed by atoms with Crippen molar-refractivity contribution in [3.05, 3.63) is 35.6 Å². The van der Waals surface area contributed by atoms with Gasteiger partial charge in [0.15, 0.2) is 0 Å². The van der Waals surface area contributed by atoms with Crippen LogP contribution in [0.25, 0.3) is 0 Å². The Labute approximate surface area is 120 Å². The minimum Gasteiger partial charge on any atom is -0.335 e. The number of hydrogen-bond donors (Lipinski definition) is 0. The largest absolute Gasteiger partial charge is 0.335 e. The standard InChI is InChI=1S/C17H22FNO/c1-17(9-2-3-10-17)16(20)19-11-5-8-15(19)13-6-4-7-14(18)12-13/h4,6-7,12,15H,2-3,5,8-11H2,1H3.